The van der Waals surface area contributed by atoms with Gasteiger partial charge < -0.3 is 16.0 Å². The molecule has 0 aromatic carbocycles. The second-order valence-electron chi connectivity index (χ2n) is 5.14. The molecule has 0 aliphatic carbocycles. The highest BCUT2D eigenvalue weighted by atomic mass is 32.1. The first-order chi connectivity index (χ1) is 8.82. The number of aryl methyl sites for hydroxylation is 2. The maximum absolute atomic E-state index is 5.79. The van der Waals surface area contributed by atoms with Crippen LogP contribution in [-0.4, -0.2) is 41.1 Å². The molecule has 0 fully saturated rings. The van der Waals surface area contributed by atoms with Crippen LogP contribution < -0.4 is 11.1 Å². The van der Waals surface area contributed by atoms with Crippen LogP contribution in [0.1, 0.15) is 30.8 Å². The number of nitrogens with two attached hydrogens (primary N) is 1. The third kappa shape index (κ3) is 4.44. The van der Waals surface area contributed by atoms with Gasteiger partial charge in [-0.25, -0.2) is 0 Å². The van der Waals surface area contributed by atoms with Gasteiger partial charge in [-0.05, 0) is 40.8 Å². The van der Waals surface area contributed by atoms with Crippen LogP contribution in [-0.2, 0) is 0 Å². The third-order valence-electron chi connectivity index (χ3n) is 3.24. The minimum absolute atomic E-state index is 0.393. The van der Waals surface area contributed by atoms with Crippen LogP contribution in [0.3, 0.4) is 0 Å². The minimum atomic E-state index is 0.393. The lowest BCUT2D eigenvalue weighted by atomic mass is 10.1. The Kier molecular flexibility index (Phi) is 5.69. The topological polar surface area (TPSA) is 54.2 Å². The molecular formula is C14H24N4S. The zero-order valence-corrected chi connectivity index (χ0v) is 13.3. The Hall–Kier alpha value is -1.20. The maximum Gasteiger partial charge on any atom is 0.107 e. The van der Waals surface area contributed by atoms with Crippen molar-refractivity contribution in [3.05, 3.63) is 23.0 Å². The van der Waals surface area contributed by atoms with E-state index in [-0.39, 0.29) is 0 Å². The van der Waals surface area contributed by atoms with Crippen molar-refractivity contribution >= 4 is 22.9 Å². The molecule has 19 heavy (non-hydrogen) atoms. The molecule has 1 rings (SSSR count). The van der Waals surface area contributed by atoms with Gasteiger partial charge in [-0.2, -0.15) is 0 Å². The molecule has 4 nitrogen and oxygen atoms in total. The van der Waals surface area contributed by atoms with Crippen LogP contribution in [0.4, 0.5) is 5.69 Å². The fourth-order valence-corrected chi connectivity index (χ4v) is 2.16. The van der Waals surface area contributed by atoms with E-state index >= 15 is 0 Å². The number of nitrogens with zero attached hydrogens (tertiary/aromatic N) is 2. The fraction of sp³-hybridized carbons (Fsp3) is 0.571. The van der Waals surface area contributed by atoms with Crippen LogP contribution in [0.25, 0.3) is 0 Å². The summed E-state index contributed by atoms with van der Waals surface area (Å²) in [5.74, 6) is 0. The summed E-state index contributed by atoms with van der Waals surface area (Å²) in [6, 6.07) is 2.54. The number of nitrogens with one attached hydrogen (secondary N) is 1. The standard InChI is InChI=1S/C14H24N4S/c1-9(2)18(5)7-6-16-12-8-10(3)17-11(4)13(12)14(15)19/h8-9H,6-7H2,1-5H3,(H2,15,19)(H,16,17). The smallest absolute Gasteiger partial charge is 0.107 e. The van der Waals surface area contributed by atoms with Gasteiger partial charge in [0, 0.05) is 36.2 Å². The largest absolute Gasteiger partial charge is 0.389 e. The number of aromatic nitrogens is 1. The molecule has 1 heterocycles. The number of hydrogen-bond acceptors (Lipinski definition) is 4. The second kappa shape index (κ2) is 6.82. The number of hydrogen-bond donors (Lipinski definition) is 2. The minimum Gasteiger partial charge on any atom is -0.389 e. The molecule has 0 saturated heterocycles. The van der Waals surface area contributed by atoms with Gasteiger partial charge in [-0.3, -0.25) is 4.98 Å². The van der Waals surface area contributed by atoms with Crippen LogP contribution >= 0.6 is 12.2 Å². The molecular weight excluding hydrogens is 256 g/mol. The average Bonchev–Trinajstić information content (AvgIpc) is 2.26. The summed E-state index contributed by atoms with van der Waals surface area (Å²) >= 11 is 5.11. The lowest BCUT2D eigenvalue weighted by molar-refractivity contribution is 0.284. The van der Waals surface area contributed by atoms with Gasteiger partial charge in [0.15, 0.2) is 0 Å². The molecule has 0 radical (unpaired) electrons. The second-order valence-corrected chi connectivity index (χ2v) is 5.58. The van der Waals surface area contributed by atoms with Crippen molar-refractivity contribution < 1.29 is 0 Å². The van der Waals surface area contributed by atoms with E-state index in [0.717, 1.165) is 35.7 Å². The van der Waals surface area contributed by atoms with E-state index in [1.807, 2.05) is 19.9 Å². The van der Waals surface area contributed by atoms with Crippen molar-refractivity contribution in [2.75, 3.05) is 25.5 Å². The number of rotatable bonds is 6. The third-order valence-corrected chi connectivity index (χ3v) is 3.44. The summed E-state index contributed by atoms with van der Waals surface area (Å²) in [7, 11) is 2.11. The molecule has 0 bridgehead atoms. The first-order valence-corrected chi connectivity index (χ1v) is 6.96. The molecule has 0 saturated carbocycles. The molecule has 0 spiro atoms. The Balaban J connectivity index is 2.80. The Morgan fingerprint density at radius 1 is 1.47 bits per heavy atom. The summed E-state index contributed by atoms with van der Waals surface area (Å²) in [6.07, 6.45) is 0. The van der Waals surface area contributed by atoms with Crippen LogP contribution in [0.15, 0.2) is 6.07 Å². The monoisotopic (exact) mass is 280 g/mol. The van der Waals surface area contributed by atoms with E-state index in [2.05, 4.69) is 36.1 Å². The van der Waals surface area contributed by atoms with Crippen molar-refractivity contribution in [1.29, 1.82) is 0 Å². The predicted octanol–water partition coefficient (Wildman–Crippen LogP) is 2.08. The van der Waals surface area contributed by atoms with Crippen molar-refractivity contribution in [2.24, 2.45) is 5.73 Å². The Morgan fingerprint density at radius 2 is 2.11 bits per heavy atom. The van der Waals surface area contributed by atoms with Gasteiger partial charge in [0.25, 0.3) is 0 Å². The summed E-state index contributed by atoms with van der Waals surface area (Å²) in [5.41, 5.74) is 9.47. The van der Waals surface area contributed by atoms with Crippen molar-refractivity contribution in [3.8, 4) is 0 Å². The van der Waals surface area contributed by atoms with Gasteiger partial charge in [0.05, 0.1) is 5.56 Å². The van der Waals surface area contributed by atoms with Crippen molar-refractivity contribution in [2.45, 2.75) is 33.7 Å². The van der Waals surface area contributed by atoms with Gasteiger partial charge in [0.2, 0.25) is 0 Å². The number of anilines is 1. The van der Waals surface area contributed by atoms with Gasteiger partial charge in [-0.1, -0.05) is 12.2 Å². The van der Waals surface area contributed by atoms with E-state index in [1.165, 1.54) is 0 Å². The summed E-state index contributed by atoms with van der Waals surface area (Å²) < 4.78 is 0. The Bertz CT molecular complexity index is 457. The van der Waals surface area contributed by atoms with Crippen LogP contribution in [0.2, 0.25) is 0 Å². The van der Waals surface area contributed by atoms with Crippen molar-refractivity contribution in [3.63, 3.8) is 0 Å². The molecule has 0 aliphatic rings. The van der Waals surface area contributed by atoms with Crippen molar-refractivity contribution in [1.82, 2.24) is 9.88 Å². The zero-order chi connectivity index (χ0) is 14.6. The molecule has 0 amide bonds. The van der Waals surface area contributed by atoms with Crippen LogP contribution in [0.5, 0.6) is 0 Å². The van der Waals surface area contributed by atoms with E-state index in [0.29, 0.717) is 11.0 Å². The van der Waals surface area contributed by atoms with E-state index in [9.17, 15) is 0 Å². The Morgan fingerprint density at radius 3 is 2.63 bits per heavy atom. The highest BCUT2D eigenvalue weighted by molar-refractivity contribution is 7.80. The number of thiocarbonyl (C=S) groups is 1. The first-order valence-electron chi connectivity index (χ1n) is 6.55. The van der Waals surface area contributed by atoms with Gasteiger partial charge in [-0.15, -0.1) is 0 Å². The molecule has 0 aliphatic heterocycles. The van der Waals surface area contributed by atoms with E-state index < -0.39 is 0 Å². The number of pyridine rings is 1. The highest BCUT2D eigenvalue weighted by Gasteiger charge is 2.11. The molecule has 3 N–H and O–H groups in total. The molecule has 1 aromatic heterocycles. The Labute approximate surface area is 121 Å². The maximum atomic E-state index is 5.79. The summed E-state index contributed by atoms with van der Waals surface area (Å²) in [4.78, 5) is 7.09. The predicted molar refractivity (Wildman–Crippen MR) is 85.9 cm³/mol. The first kappa shape index (κ1) is 15.9. The SMILES string of the molecule is Cc1cc(NCCN(C)C(C)C)c(C(N)=S)c(C)n1. The summed E-state index contributed by atoms with van der Waals surface area (Å²) in [5, 5.41) is 3.41. The molecule has 1 aromatic rings. The lowest BCUT2D eigenvalue weighted by Gasteiger charge is -2.22. The van der Waals surface area contributed by atoms with E-state index in [4.69, 9.17) is 18.0 Å². The van der Waals surface area contributed by atoms with Gasteiger partial charge in [0.1, 0.15) is 4.99 Å². The fourth-order valence-electron chi connectivity index (χ4n) is 1.90. The van der Waals surface area contributed by atoms with E-state index in [1.54, 1.807) is 0 Å². The van der Waals surface area contributed by atoms with Crippen LogP contribution in [0, 0.1) is 13.8 Å². The summed E-state index contributed by atoms with van der Waals surface area (Å²) in [6.45, 7) is 10.1. The molecule has 0 atom stereocenters. The molecule has 5 heteroatoms. The molecule has 0 unspecified atom stereocenters. The highest BCUT2D eigenvalue weighted by Crippen LogP contribution is 2.19. The molecule has 106 valence electrons. The van der Waals surface area contributed by atoms with Gasteiger partial charge >= 0.3 is 0 Å². The normalized spacial score (nSPS) is 11.1. The lowest BCUT2D eigenvalue weighted by Crippen LogP contribution is -2.31. The zero-order valence-electron chi connectivity index (χ0n) is 12.4. The number of likely N-dealkylation sites (N-methyl/N-ethyl adjacent to an activating group) is 1. The quantitative estimate of drug-likeness (QED) is 0.782. The average molecular weight is 280 g/mol.